The summed E-state index contributed by atoms with van der Waals surface area (Å²) in [6.45, 7) is 1.84. The third-order valence-corrected chi connectivity index (χ3v) is 7.25. The fourth-order valence-corrected chi connectivity index (χ4v) is 5.23. The molecule has 8 nitrogen and oxygen atoms in total. The van der Waals surface area contributed by atoms with Gasteiger partial charge < -0.3 is 18.9 Å². The summed E-state index contributed by atoms with van der Waals surface area (Å²) < 4.78 is 22.2. The molecule has 0 fully saturated rings. The van der Waals surface area contributed by atoms with Crippen LogP contribution in [0.2, 0.25) is 0 Å². The van der Waals surface area contributed by atoms with E-state index in [9.17, 15) is 4.79 Å². The van der Waals surface area contributed by atoms with Gasteiger partial charge in [0.15, 0.2) is 0 Å². The largest absolute Gasteiger partial charge is 0.497 e. The molecule has 0 bridgehead atoms. The zero-order chi connectivity index (χ0) is 26.6. The second-order valence-corrected chi connectivity index (χ2v) is 9.41. The van der Waals surface area contributed by atoms with E-state index in [0.717, 1.165) is 36.3 Å². The van der Waals surface area contributed by atoms with Gasteiger partial charge in [0.2, 0.25) is 0 Å². The molecular weight excluding hydrogens is 482 g/mol. The van der Waals surface area contributed by atoms with Gasteiger partial charge in [0.1, 0.15) is 23.0 Å². The molecule has 0 aliphatic carbocycles. The summed E-state index contributed by atoms with van der Waals surface area (Å²) in [5.74, 6) is 2.63. The minimum absolute atomic E-state index is 0.0678. The summed E-state index contributed by atoms with van der Waals surface area (Å²) in [4.78, 5) is 16.0. The Kier molecular flexibility index (Phi) is 7.51. The lowest BCUT2D eigenvalue weighted by Gasteiger charge is -2.30. The summed E-state index contributed by atoms with van der Waals surface area (Å²) in [7, 11) is 6.49. The van der Waals surface area contributed by atoms with Gasteiger partial charge in [-0.15, -0.1) is 0 Å². The molecule has 0 N–H and O–H groups in total. The molecule has 0 aromatic heterocycles. The van der Waals surface area contributed by atoms with Gasteiger partial charge >= 0.3 is 0 Å². The molecule has 3 aromatic carbocycles. The number of hydrazone groups is 1. The van der Waals surface area contributed by atoms with Crippen molar-refractivity contribution in [1.82, 2.24) is 9.91 Å². The number of methoxy groups -OCH3 is 4. The van der Waals surface area contributed by atoms with Crippen LogP contribution in [0.1, 0.15) is 34.7 Å². The van der Waals surface area contributed by atoms with Crippen molar-refractivity contribution in [3.8, 4) is 23.0 Å². The molecule has 38 heavy (non-hydrogen) atoms. The Balaban J connectivity index is 1.49. The first-order valence-electron chi connectivity index (χ1n) is 12.7. The van der Waals surface area contributed by atoms with Crippen molar-refractivity contribution in [1.29, 1.82) is 0 Å². The molecule has 2 heterocycles. The molecule has 2 aliphatic rings. The predicted octanol–water partition coefficient (Wildman–Crippen LogP) is 4.46. The number of nitrogens with zero attached hydrogens (tertiary/aromatic N) is 3. The Bertz CT molecular complexity index is 1360. The van der Waals surface area contributed by atoms with E-state index >= 15 is 0 Å². The number of benzene rings is 3. The van der Waals surface area contributed by atoms with Crippen molar-refractivity contribution in [2.24, 2.45) is 5.10 Å². The number of rotatable bonds is 8. The van der Waals surface area contributed by atoms with E-state index < -0.39 is 0 Å². The van der Waals surface area contributed by atoms with Gasteiger partial charge in [-0.25, -0.2) is 5.01 Å². The van der Waals surface area contributed by atoms with E-state index in [4.69, 9.17) is 24.0 Å². The third-order valence-electron chi connectivity index (χ3n) is 7.25. The van der Waals surface area contributed by atoms with Crippen molar-refractivity contribution < 1.29 is 23.7 Å². The highest BCUT2D eigenvalue weighted by Crippen LogP contribution is 2.41. The minimum atomic E-state index is -0.355. The van der Waals surface area contributed by atoms with Gasteiger partial charge in [0.05, 0.1) is 46.7 Å². The number of carbonyl (C=O) groups excluding carboxylic acids is 1. The van der Waals surface area contributed by atoms with Gasteiger partial charge in [0.25, 0.3) is 5.91 Å². The molecule has 0 radical (unpaired) electrons. The highest BCUT2D eigenvalue weighted by atomic mass is 16.5. The fourth-order valence-electron chi connectivity index (χ4n) is 5.23. The van der Waals surface area contributed by atoms with Crippen molar-refractivity contribution in [2.45, 2.75) is 25.4 Å². The Labute approximate surface area is 223 Å². The van der Waals surface area contributed by atoms with Crippen LogP contribution in [0.4, 0.5) is 0 Å². The summed E-state index contributed by atoms with van der Waals surface area (Å²) in [6, 6.07) is 19.3. The second-order valence-electron chi connectivity index (χ2n) is 9.41. The van der Waals surface area contributed by atoms with Gasteiger partial charge in [0, 0.05) is 36.7 Å². The van der Waals surface area contributed by atoms with Crippen LogP contribution in [0, 0.1) is 0 Å². The van der Waals surface area contributed by atoms with E-state index in [1.165, 1.54) is 11.1 Å². The van der Waals surface area contributed by atoms with Crippen LogP contribution in [-0.2, 0) is 17.8 Å². The van der Waals surface area contributed by atoms with E-state index in [0.29, 0.717) is 29.4 Å². The van der Waals surface area contributed by atoms with Gasteiger partial charge in [-0.2, -0.15) is 5.10 Å². The molecular formula is C30H33N3O5. The monoisotopic (exact) mass is 515 g/mol. The normalized spacial score (nSPS) is 17.0. The molecule has 2 aliphatic heterocycles. The molecule has 3 aromatic rings. The van der Waals surface area contributed by atoms with Crippen LogP contribution in [0.25, 0.3) is 0 Å². The Morgan fingerprint density at radius 1 is 0.868 bits per heavy atom. The Morgan fingerprint density at radius 3 is 2.32 bits per heavy atom. The highest BCUT2D eigenvalue weighted by molar-refractivity contribution is 6.05. The van der Waals surface area contributed by atoms with Gasteiger partial charge in [-0.3, -0.25) is 9.69 Å². The molecule has 8 heteroatoms. The average Bonchev–Trinajstić information content (AvgIpc) is 3.41. The number of fused-ring (bicyclic) bond motifs is 1. The van der Waals surface area contributed by atoms with Crippen molar-refractivity contribution in [2.75, 3.05) is 41.5 Å². The number of carbonyl (C=O) groups is 1. The van der Waals surface area contributed by atoms with Crippen LogP contribution < -0.4 is 18.9 Å². The first kappa shape index (κ1) is 25.6. The highest BCUT2D eigenvalue weighted by Gasteiger charge is 2.36. The molecule has 0 saturated carbocycles. The number of hydrogen-bond donors (Lipinski definition) is 0. The lowest BCUT2D eigenvalue weighted by Crippen LogP contribution is -2.40. The lowest BCUT2D eigenvalue weighted by atomic mass is 9.96. The fraction of sp³-hybridized carbons (Fsp3) is 0.333. The summed E-state index contributed by atoms with van der Waals surface area (Å²) in [5, 5.41) is 6.49. The van der Waals surface area contributed by atoms with E-state index in [1.807, 2.05) is 36.4 Å². The predicted molar refractivity (Wildman–Crippen MR) is 145 cm³/mol. The Hall–Kier alpha value is -4.04. The molecule has 0 spiro atoms. The summed E-state index contributed by atoms with van der Waals surface area (Å²) in [6.07, 6.45) is 1.43. The van der Waals surface area contributed by atoms with Crippen LogP contribution in [-0.4, -0.2) is 63.1 Å². The first-order valence-corrected chi connectivity index (χ1v) is 12.7. The summed E-state index contributed by atoms with van der Waals surface area (Å²) >= 11 is 0. The molecule has 1 unspecified atom stereocenters. The van der Waals surface area contributed by atoms with Crippen LogP contribution >= 0.6 is 0 Å². The van der Waals surface area contributed by atoms with E-state index in [1.54, 1.807) is 33.4 Å². The van der Waals surface area contributed by atoms with E-state index in [-0.39, 0.29) is 18.5 Å². The van der Waals surface area contributed by atoms with Crippen molar-refractivity contribution >= 4 is 11.6 Å². The zero-order valence-electron chi connectivity index (χ0n) is 22.3. The average molecular weight is 516 g/mol. The number of hydrogen-bond acceptors (Lipinski definition) is 7. The molecule has 198 valence electrons. The van der Waals surface area contributed by atoms with Crippen LogP contribution in [0.15, 0.2) is 65.8 Å². The molecule has 1 amide bonds. The molecule has 1 atom stereocenters. The van der Waals surface area contributed by atoms with Crippen LogP contribution in [0.3, 0.4) is 0 Å². The smallest absolute Gasteiger partial charge is 0.257 e. The van der Waals surface area contributed by atoms with Gasteiger partial charge in [-0.05, 0) is 47.9 Å². The lowest BCUT2D eigenvalue weighted by molar-refractivity contribution is -0.134. The van der Waals surface area contributed by atoms with Crippen LogP contribution in [0.5, 0.6) is 23.0 Å². The molecule has 0 saturated heterocycles. The zero-order valence-corrected chi connectivity index (χ0v) is 22.3. The third kappa shape index (κ3) is 5.04. The maximum absolute atomic E-state index is 13.8. The van der Waals surface area contributed by atoms with Gasteiger partial charge in [-0.1, -0.05) is 24.3 Å². The summed E-state index contributed by atoms with van der Waals surface area (Å²) in [5.41, 5.74) is 5.05. The quantitative estimate of drug-likeness (QED) is 0.441. The second kappa shape index (κ2) is 11.1. The number of ether oxygens (including phenoxy) is 4. The van der Waals surface area contributed by atoms with E-state index in [2.05, 4.69) is 29.2 Å². The number of amides is 1. The maximum atomic E-state index is 13.8. The van der Waals surface area contributed by atoms with Crippen molar-refractivity contribution in [3.63, 3.8) is 0 Å². The Morgan fingerprint density at radius 2 is 1.58 bits per heavy atom. The first-order chi connectivity index (χ1) is 18.5. The molecule has 5 rings (SSSR count). The topological polar surface area (TPSA) is 72.8 Å². The minimum Gasteiger partial charge on any atom is -0.497 e. The van der Waals surface area contributed by atoms with Crippen molar-refractivity contribution in [3.05, 3.63) is 82.9 Å². The maximum Gasteiger partial charge on any atom is 0.257 e. The SMILES string of the molecule is COc1ccc(C2=NN(C(=O)CN3CCc4ccccc4C3)C(c3cc(OC)ccc3OC)C2)c(OC)c1. The standard InChI is InChI=1S/C30H33N3O5/c1-35-22-10-12-28(37-3)25(15-22)27-17-26(24-11-9-23(36-2)16-29(24)38-4)31-33(27)30(34)19-32-14-13-20-7-5-6-8-21(20)18-32/h5-12,15-16,27H,13-14,17-19H2,1-4H3.